The van der Waals surface area contributed by atoms with E-state index < -0.39 is 10.0 Å². The molecule has 0 atom stereocenters. The summed E-state index contributed by atoms with van der Waals surface area (Å²) >= 11 is 0. The van der Waals surface area contributed by atoms with E-state index in [9.17, 15) is 13.2 Å². The second-order valence-electron chi connectivity index (χ2n) is 8.39. The zero-order valence-corrected chi connectivity index (χ0v) is 21.4. The molecule has 1 amide bonds. The summed E-state index contributed by atoms with van der Waals surface area (Å²) in [4.78, 5) is 12.7. The first-order valence-corrected chi connectivity index (χ1v) is 13.2. The lowest BCUT2D eigenvalue weighted by atomic mass is 10.1. The summed E-state index contributed by atoms with van der Waals surface area (Å²) in [7, 11) is -3.77. The van der Waals surface area contributed by atoms with Crippen molar-refractivity contribution in [3.8, 4) is 11.5 Å². The third kappa shape index (κ3) is 6.89. The van der Waals surface area contributed by atoms with Gasteiger partial charge in [-0.15, -0.1) is 0 Å². The highest BCUT2D eigenvalue weighted by Crippen LogP contribution is 2.24. The largest absolute Gasteiger partial charge is 0.490 e. The number of carbonyl (C=O) groups is 1. The predicted molar refractivity (Wildman–Crippen MR) is 145 cm³/mol. The van der Waals surface area contributed by atoms with E-state index in [1.165, 1.54) is 12.1 Å². The van der Waals surface area contributed by atoms with E-state index in [-0.39, 0.29) is 10.8 Å². The molecule has 190 valence electrons. The van der Waals surface area contributed by atoms with Gasteiger partial charge in [0.05, 0.1) is 10.6 Å². The number of benzene rings is 4. The smallest absolute Gasteiger partial charge is 0.261 e. The minimum Gasteiger partial charge on any atom is -0.490 e. The van der Waals surface area contributed by atoms with Gasteiger partial charge in [-0.2, -0.15) is 0 Å². The monoisotopic (exact) mass is 516 g/mol. The molecule has 0 aliphatic rings. The van der Waals surface area contributed by atoms with Crippen molar-refractivity contribution in [2.75, 3.05) is 23.3 Å². The molecule has 0 radical (unpaired) electrons. The standard InChI is InChI=1S/C29H28N2O5S/c1-21-7-6-8-22(2)28(21)31-37(33,34)27-17-13-24(14-18-27)30-29(32)23-11-15-26(16-12-23)36-20-19-35-25-9-4-3-5-10-25/h3-18,31H,19-20H2,1-2H3,(H,30,32). The van der Waals surface area contributed by atoms with Gasteiger partial charge in [-0.25, -0.2) is 8.42 Å². The Morgan fingerprint density at radius 1 is 0.703 bits per heavy atom. The van der Waals surface area contributed by atoms with Gasteiger partial charge in [0, 0.05) is 11.3 Å². The summed E-state index contributed by atoms with van der Waals surface area (Å²) in [5.41, 5.74) is 3.17. The number of para-hydroxylation sites is 2. The summed E-state index contributed by atoms with van der Waals surface area (Å²) < 4.78 is 39.6. The Morgan fingerprint density at radius 3 is 1.86 bits per heavy atom. The molecular formula is C29H28N2O5S. The predicted octanol–water partition coefficient (Wildman–Crippen LogP) is 5.81. The molecule has 2 N–H and O–H groups in total. The van der Waals surface area contributed by atoms with Crippen molar-refractivity contribution in [3.05, 3.63) is 114 Å². The highest BCUT2D eigenvalue weighted by molar-refractivity contribution is 7.92. The van der Waals surface area contributed by atoms with Crippen LogP contribution in [0.25, 0.3) is 0 Å². The number of hydrogen-bond donors (Lipinski definition) is 2. The van der Waals surface area contributed by atoms with Gasteiger partial charge in [-0.05, 0) is 85.6 Å². The van der Waals surface area contributed by atoms with E-state index >= 15 is 0 Å². The van der Waals surface area contributed by atoms with E-state index in [0.29, 0.717) is 35.9 Å². The molecular weight excluding hydrogens is 488 g/mol. The lowest BCUT2D eigenvalue weighted by Gasteiger charge is -2.13. The maximum Gasteiger partial charge on any atom is 0.261 e. The molecule has 4 aromatic rings. The van der Waals surface area contributed by atoms with Crippen molar-refractivity contribution in [1.29, 1.82) is 0 Å². The second-order valence-corrected chi connectivity index (χ2v) is 10.1. The minimum absolute atomic E-state index is 0.103. The van der Waals surface area contributed by atoms with Gasteiger partial charge < -0.3 is 14.8 Å². The van der Waals surface area contributed by atoms with Crippen molar-refractivity contribution in [2.24, 2.45) is 0 Å². The molecule has 0 heterocycles. The number of sulfonamides is 1. The van der Waals surface area contributed by atoms with Crippen LogP contribution in [-0.4, -0.2) is 27.5 Å². The first-order valence-electron chi connectivity index (χ1n) is 11.7. The fourth-order valence-electron chi connectivity index (χ4n) is 3.63. The van der Waals surface area contributed by atoms with E-state index in [1.807, 2.05) is 62.4 Å². The Balaban J connectivity index is 1.30. The lowest BCUT2D eigenvalue weighted by molar-refractivity contribution is 0.102. The van der Waals surface area contributed by atoms with E-state index in [0.717, 1.165) is 16.9 Å². The maximum atomic E-state index is 12.8. The zero-order chi connectivity index (χ0) is 26.3. The average molecular weight is 517 g/mol. The summed E-state index contributed by atoms with van der Waals surface area (Å²) in [5, 5.41) is 2.78. The molecule has 7 nitrogen and oxygen atoms in total. The fourth-order valence-corrected chi connectivity index (χ4v) is 4.83. The number of nitrogens with one attached hydrogen (secondary N) is 2. The number of hydrogen-bond acceptors (Lipinski definition) is 5. The van der Waals surface area contributed by atoms with Crippen LogP contribution in [0.4, 0.5) is 11.4 Å². The Kier molecular flexibility index (Phi) is 8.10. The van der Waals surface area contributed by atoms with Gasteiger partial charge in [0.25, 0.3) is 15.9 Å². The molecule has 0 aromatic heterocycles. The number of carbonyl (C=O) groups excluding carboxylic acids is 1. The summed E-state index contributed by atoms with van der Waals surface area (Å²) in [5.74, 6) is 1.09. The van der Waals surface area contributed by atoms with Crippen molar-refractivity contribution < 1.29 is 22.7 Å². The van der Waals surface area contributed by atoms with Crippen LogP contribution in [-0.2, 0) is 10.0 Å². The number of anilines is 2. The highest BCUT2D eigenvalue weighted by atomic mass is 32.2. The molecule has 0 spiro atoms. The van der Waals surface area contributed by atoms with Crippen molar-refractivity contribution >= 4 is 27.3 Å². The quantitative estimate of drug-likeness (QED) is 0.259. The number of ether oxygens (including phenoxy) is 2. The molecule has 0 saturated carbocycles. The van der Waals surface area contributed by atoms with Crippen molar-refractivity contribution in [2.45, 2.75) is 18.7 Å². The van der Waals surface area contributed by atoms with Crippen LogP contribution >= 0.6 is 0 Å². The highest BCUT2D eigenvalue weighted by Gasteiger charge is 2.17. The van der Waals surface area contributed by atoms with Crippen LogP contribution in [0.3, 0.4) is 0 Å². The van der Waals surface area contributed by atoms with Crippen LogP contribution in [0.2, 0.25) is 0 Å². The third-order valence-corrected chi connectivity index (χ3v) is 6.99. The average Bonchev–Trinajstić information content (AvgIpc) is 2.90. The second kappa shape index (κ2) is 11.6. The molecule has 0 fully saturated rings. The van der Waals surface area contributed by atoms with Gasteiger partial charge in [0.15, 0.2) is 0 Å². The van der Waals surface area contributed by atoms with Gasteiger partial charge in [-0.1, -0.05) is 36.4 Å². The number of aryl methyl sites for hydroxylation is 2. The van der Waals surface area contributed by atoms with Crippen LogP contribution in [0, 0.1) is 13.8 Å². The molecule has 0 saturated heterocycles. The van der Waals surface area contributed by atoms with Crippen LogP contribution in [0.15, 0.2) is 102 Å². The van der Waals surface area contributed by atoms with E-state index in [4.69, 9.17) is 9.47 Å². The molecule has 4 aromatic carbocycles. The van der Waals surface area contributed by atoms with Gasteiger partial charge in [0.1, 0.15) is 24.7 Å². The molecule has 37 heavy (non-hydrogen) atoms. The molecule has 0 aliphatic carbocycles. The Bertz CT molecular complexity index is 1430. The Morgan fingerprint density at radius 2 is 1.27 bits per heavy atom. The normalized spacial score (nSPS) is 11.0. The Hall–Kier alpha value is -4.30. The molecule has 0 unspecified atom stereocenters. The molecule has 8 heteroatoms. The van der Waals surface area contributed by atoms with Crippen LogP contribution in [0.1, 0.15) is 21.5 Å². The van der Waals surface area contributed by atoms with Gasteiger partial charge in [0.2, 0.25) is 0 Å². The first kappa shape index (κ1) is 25.8. The van der Waals surface area contributed by atoms with E-state index in [1.54, 1.807) is 36.4 Å². The maximum absolute atomic E-state index is 12.8. The lowest BCUT2D eigenvalue weighted by Crippen LogP contribution is -2.15. The van der Waals surface area contributed by atoms with Crippen molar-refractivity contribution in [3.63, 3.8) is 0 Å². The summed E-state index contributed by atoms with van der Waals surface area (Å²) in [6, 6.07) is 27.8. The Labute approximate surface area is 217 Å². The fraction of sp³-hybridized carbons (Fsp3) is 0.138. The number of amides is 1. The van der Waals surface area contributed by atoms with E-state index in [2.05, 4.69) is 10.0 Å². The number of rotatable bonds is 10. The third-order valence-electron chi connectivity index (χ3n) is 5.62. The topological polar surface area (TPSA) is 93.7 Å². The van der Waals surface area contributed by atoms with Crippen LogP contribution in [0.5, 0.6) is 11.5 Å². The van der Waals surface area contributed by atoms with Gasteiger partial charge in [-0.3, -0.25) is 9.52 Å². The summed E-state index contributed by atoms with van der Waals surface area (Å²) in [6.45, 7) is 4.47. The molecule has 0 aliphatic heterocycles. The minimum atomic E-state index is -3.77. The first-order chi connectivity index (χ1) is 17.8. The SMILES string of the molecule is Cc1cccc(C)c1NS(=O)(=O)c1ccc(NC(=O)c2ccc(OCCOc3ccccc3)cc2)cc1. The van der Waals surface area contributed by atoms with Gasteiger partial charge >= 0.3 is 0 Å². The van der Waals surface area contributed by atoms with Crippen molar-refractivity contribution in [1.82, 2.24) is 0 Å². The molecule has 4 rings (SSSR count). The molecule has 0 bridgehead atoms. The summed E-state index contributed by atoms with van der Waals surface area (Å²) in [6.07, 6.45) is 0. The van der Waals surface area contributed by atoms with Crippen LogP contribution < -0.4 is 19.5 Å². The zero-order valence-electron chi connectivity index (χ0n) is 20.6.